The number of hydrogen-bond acceptors (Lipinski definition) is 8. The van der Waals surface area contributed by atoms with Crippen molar-refractivity contribution in [2.45, 2.75) is 139 Å². The molecule has 1 heterocycles. The second-order valence-electron chi connectivity index (χ2n) is 23.8. The number of ether oxygens (including phenoxy) is 2. The molecule has 1 aliphatic heterocycles. The van der Waals surface area contributed by atoms with E-state index in [1.165, 1.54) is 17.7 Å². The van der Waals surface area contributed by atoms with E-state index in [0.29, 0.717) is 61.2 Å². The van der Waals surface area contributed by atoms with E-state index in [2.05, 4.69) is 53.0 Å². The summed E-state index contributed by atoms with van der Waals surface area (Å²) in [7, 11) is 0. The number of allylic oxidation sites excluding steroid dienone is 1. The van der Waals surface area contributed by atoms with Gasteiger partial charge in [0.25, 0.3) is 5.69 Å². The Morgan fingerprint density at radius 1 is 0.853 bits per heavy atom. The molecule has 368 valence electrons. The maximum Gasteiger partial charge on any atom is 0.309 e. The van der Waals surface area contributed by atoms with E-state index in [4.69, 9.17) is 9.47 Å². The standard InChI is InChI=1S/C56H75N3O9/c1-36(2)41-20-25-56(49(62)58-30-28-57(29-31-58)46(60)19-16-37-12-11-15-40(33-37)67-35-38-13-10-14-39(32-38)59(65)66)27-26-54(8)42(48(41)56)17-18-44-53(7)23-22-45(68-47(61)34-51(3,4)50(63)64)52(5,6)43(53)21-24-55(44,54)9/h10-16,19,32-33,41-45,48H,1,17-18,20-31,34-35H2,2-9H3,(H,63,64)/b19-16+/t41-,42+,43-,44+,45-,48+,53-,54+,55+,56-/m0/s1. The summed E-state index contributed by atoms with van der Waals surface area (Å²) in [5.74, 6) is 1.12. The van der Waals surface area contributed by atoms with Crippen molar-refractivity contribution in [1.82, 2.24) is 9.80 Å². The van der Waals surface area contributed by atoms with Crippen molar-refractivity contribution in [1.29, 1.82) is 0 Å². The number of carboxylic acid groups (broad SMARTS) is 1. The lowest BCUT2D eigenvalue weighted by atomic mass is 9.32. The van der Waals surface area contributed by atoms with E-state index in [9.17, 15) is 29.6 Å². The van der Waals surface area contributed by atoms with Gasteiger partial charge >= 0.3 is 11.9 Å². The van der Waals surface area contributed by atoms with Crippen LogP contribution in [0.4, 0.5) is 5.69 Å². The second kappa shape index (κ2) is 18.1. The van der Waals surface area contributed by atoms with Gasteiger partial charge in [-0.3, -0.25) is 29.3 Å². The van der Waals surface area contributed by atoms with Gasteiger partial charge in [-0.2, -0.15) is 0 Å². The number of hydrogen-bond donors (Lipinski definition) is 1. The summed E-state index contributed by atoms with van der Waals surface area (Å²) in [6.45, 7) is 24.3. The molecule has 0 bridgehead atoms. The molecule has 5 saturated carbocycles. The van der Waals surface area contributed by atoms with E-state index in [1.54, 1.807) is 38.1 Å². The van der Waals surface area contributed by atoms with Crippen molar-refractivity contribution in [3.63, 3.8) is 0 Å². The number of esters is 1. The highest BCUT2D eigenvalue weighted by Crippen LogP contribution is 2.77. The summed E-state index contributed by atoms with van der Waals surface area (Å²) in [4.78, 5) is 68.5. The first kappa shape index (κ1) is 49.4. The molecule has 0 spiro atoms. The number of non-ortho nitro benzene ring substituents is 1. The minimum atomic E-state index is -1.18. The van der Waals surface area contributed by atoms with E-state index in [-0.39, 0.29) is 64.2 Å². The van der Waals surface area contributed by atoms with Gasteiger partial charge in [-0.15, -0.1) is 0 Å². The van der Waals surface area contributed by atoms with Gasteiger partial charge in [0, 0.05) is 49.8 Å². The maximum absolute atomic E-state index is 15.3. The molecule has 1 saturated heterocycles. The van der Waals surface area contributed by atoms with Crippen molar-refractivity contribution < 1.29 is 38.7 Å². The van der Waals surface area contributed by atoms with Crippen molar-refractivity contribution in [3.8, 4) is 5.75 Å². The summed E-state index contributed by atoms with van der Waals surface area (Å²) < 4.78 is 12.1. The van der Waals surface area contributed by atoms with E-state index >= 15 is 4.79 Å². The van der Waals surface area contributed by atoms with Gasteiger partial charge in [-0.1, -0.05) is 71.0 Å². The molecule has 12 heteroatoms. The minimum Gasteiger partial charge on any atom is -0.489 e. The van der Waals surface area contributed by atoms with Crippen LogP contribution in [0, 0.1) is 72.2 Å². The van der Waals surface area contributed by atoms with Crippen LogP contribution in [0.15, 0.2) is 66.8 Å². The van der Waals surface area contributed by atoms with Crippen LogP contribution < -0.4 is 4.74 Å². The Morgan fingerprint density at radius 3 is 2.25 bits per heavy atom. The van der Waals surface area contributed by atoms with Crippen LogP contribution in [0.1, 0.15) is 137 Å². The fourth-order valence-electron chi connectivity index (χ4n) is 15.7. The average molecular weight is 934 g/mol. The number of amides is 2. The van der Waals surface area contributed by atoms with Gasteiger partial charge in [0.1, 0.15) is 18.5 Å². The van der Waals surface area contributed by atoms with Gasteiger partial charge in [0.15, 0.2) is 0 Å². The lowest BCUT2D eigenvalue weighted by Gasteiger charge is -2.73. The number of carbonyl (C=O) groups excluding carboxylic acids is 3. The number of aliphatic carboxylic acids is 1. The molecule has 0 unspecified atom stereocenters. The first-order valence-corrected chi connectivity index (χ1v) is 25.3. The van der Waals surface area contributed by atoms with Crippen LogP contribution in [-0.4, -0.2) is 75.9 Å². The monoisotopic (exact) mass is 934 g/mol. The van der Waals surface area contributed by atoms with E-state index < -0.39 is 27.7 Å². The normalized spacial score (nSPS) is 34.2. The Balaban J connectivity index is 0.925. The zero-order valence-electron chi connectivity index (χ0n) is 41.8. The van der Waals surface area contributed by atoms with E-state index in [0.717, 1.165) is 69.8 Å². The number of nitro benzene ring substituents is 1. The lowest BCUT2D eigenvalue weighted by Crippen LogP contribution is -2.68. The molecule has 68 heavy (non-hydrogen) atoms. The highest BCUT2D eigenvalue weighted by atomic mass is 16.6. The zero-order chi connectivity index (χ0) is 49.2. The summed E-state index contributed by atoms with van der Waals surface area (Å²) in [6, 6.07) is 13.8. The third kappa shape index (κ3) is 8.47. The first-order chi connectivity index (χ1) is 32.0. The Labute approximate surface area is 403 Å². The molecule has 0 aromatic heterocycles. The number of piperazine rings is 1. The molecule has 6 fully saturated rings. The molecular formula is C56H75N3O9. The number of fused-ring (bicyclic) bond motifs is 7. The molecule has 2 aromatic rings. The molecule has 5 aliphatic carbocycles. The van der Waals surface area contributed by atoms with Crippen molar-refractivity contribution >= 4 is 35.5 Å². The van der Waals surface area contributed by atoms with Crippen LogP contribution in [-0.2, 0) is 30.5 Å². The number of carbonyl (C=O) groups is 4. The molecule has 0 radical (unpaired) electrons. The molecule has 2 amide bonds. The van der Waals surface area contributed by atoms with Gasteiger partial charge < -0.3 is 24.4 Å². The van der Waals surface area contributed by atoms with Gasteiger partial charge in [0.2, 0.25) is 11.8 Å². The Morgan fingerprint density at radius 2 is 1.56 bits per heavy atom. The zero-order valence-corrected chi connectivity index (χ0v) is 41.8. The molecular weight excluding hydrogens is 859 g/mol. The average Bonchev–Trinajstić information content (AvgIpc) is 3.70. The van der Waals surface area contributed by atoms with Crippen LogP contribution in [0.3, 0.4) is 0 Å². The third-order valence-electron chi connectivity index (χ3n) is 19.6. The molecule has 8 rings (SSSR count). The SMILES string of the molecule is C=C(C)[C@@H]1CC[C@]2(C(=O)N3CCN(C(=O)/C=C/c4cccc(OCc5cccc([N+](=O)[O-])c5)c4)CC3)CC[C@]3(C)[C@H](CC[C@@H]4[C@@]5(C)CC[C@H](OC(=O)CC(C)(C)C(=O)O)C(C)(C)[C@@H]5CC[C@]43C)[C@@H]12. The predicted molar refractivity (Wildman–Crippen MR) is 261 cm³/mol. The Hall–Kier alpha value is -5.00. The predicted octanol–water partition coefficient (Wildman–Crippen LogP) is 10.9. The lowest BCUT2D eigenvalue weighted by molar-refractivity contribution is -0.384. The number of nitrogens with zero attached hydrogens (tertiary/aromatic N) is 3. The molecule has 10 atom stereocenters. The summed E-state index contributed by atoms with van der Waals surface area (Å²) >= 11 is 0. The number of rotatable bonds is 12. The maximum atomic E-state index is 15.3. The number of nitro groups is 1. The third-order valence-corrected chi connectivity index (χ3v) is 19.6. The second-order valence-corrected chi connectivity index (χ2v) is 23.8. The van der Waals surface area contributed by atoms with Crippen LogP contribution in [0.25, 0.3) is 6.08 Å². The quantitative estimate of drug-likeness (QED) is 0.0719. The molecule has 12 nitrogen and oxygen atoms in total. The van der Waals surface area contributed by atoms with Crippen molar-refractivity contribution in [2.75, 3.05) is 26.2 Å². The van der Waals surface area contributed by atoms with Gasteiger partial charge in [0.05, 0.1) is 22.2 Å². The minimum absolute atomic E-state index is 0.0131. The molecule has 2 aromatic carbocycles. The van der Waals surface area contributed by atoms with Crippen molar-refractivity contribution in [3.05, 3.63) is 88.0 Å². The largest absolute Gasteiger partial charge is 0.489 e. The number of benzene rings is 2. The highest BCUT2D eigenvalue weighted by molar-refractivity contribution is 5.92. The first-order valence-electron chi connectivity index (χ1n) is 25.3. The Bertz CT molecular complexity index is 2370. The summed E-state index contributed by atoms with van der Waals surface area (Å²) in [5.41, 5.74) is 0.991. The number of carboxylic acids is 1. The molecule has 1 N–H and O–H groups in total. The van der Waals surface area contributed by atoms with Crippen LogP contribution >= 0.6 is 0 Å². The summed E-state index contributed by atoms with van der Waals surface area (Å²) in [5, 5.41) is 20.9. The topological polar surface area (TPSA) is 157 Å². The fourth-order valence-corrected chi connectivity index (χ4v) is 15.7. The fraction of sp³-hybridized carbons (Fsp3) is 0.643. The molecule has 6 aliphatic rings. The van der Waals surface area contributed by atoms with Gasteiger partial charge in [-0.05, 0) is 160 Å². The Kier molecular flexibility index (Phi) is 13.1. The highest BCUT2D eigenvalue weighted by Gasteiger charge is 2.72. The van der Waals surface area contributed by atoms with Crippen LogP contribution in [0.2, 0.25) is 0 Å². The van der Waals surface area contributed by atoms with Crippen LogP contribution in [0.5, 0.6) is 5.75 Å². The van der Waals surface area contributed by atoms with Crippen molar-refractivity contribution in [2.24, 2.45) is 62.1 Å². The van der Waals surface area contributed by atoms with Gasteiger partial charge in [-0.25, -0.2) is 0 Å². The van der Waals surface area contributed by atoms with E-state index in [1.807, 2.05) is 29.2 Å². The summed E-state index contributed by atoms with van der Waals surface area (Å²) in [6.07, 6.45) is 12.8. The smallest absolute Gasteiger partial charge is 0.309 e.